The summed E-state index contributed by atoms with van der Waals surface area (Å²) in [6.07, 6.45) is 6.53. The molecule has 0 unspecified atom stereocenters. The molecule has 8 nitrogen and oxygen atoms in total. The van der Waals surface area contributed by atoms with E-state index in [9.17, 15) is 13.6 Å². The lowest BCUT2D eigenvalue weighted by molar-refractivity contribution is -0.129. The number of amides is 1. The molecule has 1 amide bonds. The van der Waals surface area contributed by atoms with Crippen LogP contribution in [0.3, 0.4) is 0 Å². The molecular weight excluding hydrogens is 466 g/mol. The topological polar surface area (TPSA) is 76.4 Å². The number of carbonyl (C=O) groups excluding carboxylic acids is 1. The molecule has 0 bridgehead atoms. The largest absolute Gasteiger partial charge is 0.487 e. The summed E-state index contributed by atoms with van der Waals surface area (Å²) in [5, 5.41) is 4.43. The number of halogens is 2. The molecule has 36 heavy (non-hydrogen) atoms. The Morgan fingerprint density at radius 3 is 2.64 bits per heavy atom. The number of benzene rings is 1. The number of aromatic nitrogens is 4. The molecule has 4 heterocycles. The van der Waals surface area contributed by atoms with Crippen LogP contribution < -0.4 is 9.64 Å². The van der Waals surface area contributed by atoms with Crippen molar-refractivity contribution >= 4 is 11.7 Å². The molecule has 2 aliphatic heterocycles. The molecule has 190 valence electrons. The van der Waals surface area contributed by atoms with Gasteiger partial charge in [0.2, 0.25) is 5.91 Å². The minimum Gasteiger partial charge on any atom is -0.487 e. The lowest BCUT2D eigenvalue weighted by Gasteiger charge is -2.34. The van der Waals surface area contributed by atoms with Gasteiger partial charge in [0, 0.05) is 63.8 Å². The molecule has 3 aromatic rings. The van der Waals surface area contributed by atoms with Crippen molar-refractivity contribution in [2.45, 2.75) is 58.7 Å². The smallest absolute Gasteiger partial charge is 0.219 e. The van der Waals surface area contributed by atoms with E-state index >= 15 is 0 Å². The normalized spacial score (nSPS) is 16.6. The van der Waals surface area contributed by atoms with Crippen LogP contribution in [0, 0.1) is 11.6 Å². The second kappa shape index (κ2) is 10.2. The van der Waals surface area contributed by atoms with Crippen molar-refractivity contribution in [2.24, 2.45) is 0 Å². The number of fused-ring (bicyclic) bond motifs is 1. The summed E-state index contributed by atoms with van der Waals surface area (Å²) < 4.78 is 35.0. The number of ether oxygens (including phenoxy) is 1. The highest BCUT2D eigenvalue weighted by Crippen LogP contribution is 2.33. The first-order valence-electron chi connectivity index (χ1n) is 12.5. The lowest BCUT2D eigenvalue weighted by atomic mass is 10.1. The molecule has 1 saturated heterocycles. The third kappa shape index (κ3) is 5.03. The third-order valence-corrected chi connectivity index (χ3v) is 6.82. The molecule has 0 atom stereocenters. The van der Waals surface area contributed by atoms with Gasteiger partial charge in [0.05, 0.1) is 24.1 Å². The number of rotatable bonds is 5. The summed E-state index contributed by atoms with van der Waals surface area (Å²) in [5.74, 6) is -0.408. The van der Waals surface area contributed by atoms with Crippen molar-refractivity contribution in [1.29, 1.82) is 0 Å². The van der Waals surface area contributed by atoms with Gasteiger partial charge in [-0.2, -0.15) is 5.10 Å². The Balaban J connectivity index is 1.41. The van der Waals surface area contributed by atoms with Crippen LogP contribution in [-0.4, -0.2) is 56.3 Å². The first-order valence-corrected chi connectivity index (χ1v) is 12.5. The molecule has 2 aliphatic rings. The third-order valence-electron chi connectivity index (χ3n) is 6.82. The Hall–Kier alpha value is -3.56. The van der Waals surface area contributed by atoms with Crippen molar-refractivity contribution in [3.63, 3.8) is 0 Å². The van der Waals surface area contributed by atoms with Gasteiger partial charge in [0.1, 0.15) is 17.6 Å². The number of hydrogen-bond acceptors (Lipinski definition) is 6. The molecule has 2 aromatic heterocycles. The highest BCUT2D eigenvalue weighted by Gasteiger charge is 2.28. The summed E-state index contributed by atoms with van der Waals surface area (Å²) in [5.41, 5.74) is 3.39. The molecule has 0 aliphatic carbocycles. The fourth-order valence-corrected chi connectivity index (χ4v) is 4.80. The van der Waals surface area contributed by atoms with Gasteiger partial charge in [-0.05, 0) is 31.9 Å². The predicted octanol–water partition coefficient (Wildman–Crippen LogP) is 3.98. The maximum Gasteiger partial charge on any atom is 0.219 e. The number of nitrogens with zero attached hydrogens (tertiary/aromatic N) is 6. The first-order chi connectivity index (χ1) is 17.4. The van der Waals surface area contributed by atoms with Crippen molar-refractivity contribution in [3.05, 3.63) is 53.6 Å². The van der Waals surface area contributed by atoms with Crippen LogP contribution in [0.4, 0.5) is 14.6 Å². The lowest BCUT2D eigenvalue weighted by Crippen LogP contribution is -2.39. The monoisotopic (exact) mass is 496 g/mol. The summed E-state index contributed by atoms with van der Waals surface area (Å²) in [7, 11) is 0. The van der Waals surface area contributed by atoms with Crippen LogP contribution in [0.5, 0.6) is 5.75 Å². The molecule has 5 rings (SSSR count). The standard InChI is InChI=1S/C26H30F2N6O2/c1-3-34-15-18(14-29-34)25-26(31-22-5-4-10-33(17(2)35)16-23(22)30-25)32-11-8-20(9-12-32)36-24-7-6-19(27)13-21(24)28/h6-7,13-15,20H,3-5,8-12,16H2,1-2H3. The Morgan fingerprint density at radius 2 is 1.94 bits per heavy atom. The van der Waals surface area contributed by atoms with Gasteiger partial charge in [-0.25, -0.2) is 18.7 Å². The molecule has 0 radical (unpaired) electrons. The van der Waals surface area contributed by atoms with Gasteiger partial charge in [-0.3, -0.25) is 9.48 Å². The fourth-order valence-electron chi connectivity index (χ4n) is 4.80. The van der Waals surface area contributed by atoms with E-state index in [1.165, 1.54) is 12.1 Å². The Kier molecular flexibility index (Phi) is 6.84. The van der Waals surface area contributed by atoms with Crippen molar-refractivity contribution < 1.29 is 18.3 Å². The Labute approximate surface area is 208 Å². The van der Waals surface area contributed by atoms with Gasteiger partial charge in [-0.1, -0.05) is 0 Å². The number of piperidine rings is 1. The van der Waals surface area contributed by atoms with Crippen molar-refractivity contribution in [2.75, 3.05) is 24.5 Å². The van der Waals surface area contributed by atoms with E-state index in [-0.39, 0.29) is 17.8 Å². The minimum absolute atomic E-state index is 0.0359. The average molecular weight is 497 g/mol. The van der Waals surface area contributed by atoms with E-state index in [4.69, 9.17) is 14.7 Å². The number of anilines is 1. The highest BCUT2D eigenvalue weighted by atomic mass is 19.1. The fraction of sp³-hybridized carbons (Fsp3) is 0.462. The summed E-state index contributed by atoms with van der Waals surface area (Å²) >= 11 is 0. The number of carbonyl (C=O) groups is 1. The van der Waals surface area contributed by atoms with E-state index < -0.39 is 11.6 Å². The van der Waals surface area contributed by atoms with Gasteiger partial charge >= 0.3 is 0 Å². The van der Waals surface area contributed by atoms with Crippen LogP contribution in [0.1, 0.15) is 44.5 Å². The van der Waals surface area contributed by atoms with Crippen LogP contribution in [0.25, 0.3) is 11.3 Å². The van der Waals surface area contributed by atoms with Crippen LogP contribution >= 0.6 is 0 Å². The molecule has 1 aromatic carbocycles. The molecule has 1 fully saturated rings. The second-order valence-corrected chi connectivity index (χ2v) is 9.30. The zero-order valence-electron chi connectivity index (χ0n) is 20.6. The van der Waals surface area contributed by atoms with Crippen molar-refractivity contribution in [3.8, 4) is 17.0 Å². The summed E-state index contributed by atoms with van der Waals surface area (Å²) in [6.45, 7) is 6.82. The van der Waals surface area contributed by atoms with E-state index in [1.807, 2.05) is 22.7 Å². The maximum absolute atomic E-state index is 14.1. The van der Waals surface area contributed by atoms with E-state index in [0.717, 1.165) is 53.9 Å². The highest BCUT2D eigenvalue weighted by molar-refractivity contribution is 5.74. The number of aryl methyl sites for hydroxylation is 2. The zero-order chi connectivity index (χ0) is 25.2. The predicted molar refractivity (Wildman–Crippen MR) is 131 cm³/mol. The SMILES string of the molecule is CCn1cc(-c2nc3c(nc2N2CCC(Oc4ccc(F)cc4F)CC2)CCCN(C(C)=O)C3)cn1. The van der Waals surface area contributed by atoms with Gasteiger partial charge in [-0.15, -0.1) is 0 Å². The Morgan fingerprint density at radius 1 is 1.14 bits per heavy atom. The molecule has 0 spiro atoms. The number of hydrogen-bond donors (Lipinski definition) is 0. The Bertz CT molecular complexity index is 1260. The second-order valence-electron chi connectivity index (χ2n) is 9.30. The van der Waals surface area contributed by atoms with Gasteiger partial charge in [0.25, 0.3) is 0 Å². The molecule has 0 saturated carbocycles. The van der Waals surface area contributed by atoms with Crippen LogP contribution in [0.15, 0.2) is 30.6 Å². The van der Waals surface area contributed by atoms with Crippen LogP contribution in [0.2, 0.25) is 0 Å². The van der Waals surface area contributed by atoms with Crippen LogP contribution in [-0.2, 0) is 24.3 Å². The quantitative estimate of drug-likeness (QED) is 0.532. The van der Waals surface area contributed by atoms with E-state index in [0.29, 0.717) is 39.0 Å². The van der Waals surface area contributed by atoms with E-state index in [1.54, 1.807) is 13.1 Å². The van der Waals surface area contributed by atoms with Gasteiger partial charge in [0.15, 0.2) is 17.4 Å². The summed E-state index contributed by atoms with van der Waals surface area (Å²) in [4.78, 5) is 26.2. The first kappa shape index (κ1) is 24.1. The van der Waals surface area contributed by atoms with Gasteiger partial charge < -0.3 is 14.5 Å². The molecule has 10 heteroatoms. The minimum atomic E-state index is -0.691. The zero-order valence-corrected chi connectivity index (χ0v) is 20.6. The van der Waals surface area contributed by atoms with Crippen molar-refractivity contribution in [1.82, 2.24) is 24.6 Å². The molecule has 0 N–H and O–H groups in total. The molecular formula is C26H30F2N6O2. The average Bonchev–Trinajstić information content (AvgIpc) is 3.25. The summed E-state index contributed by atoms with van der Waals surface area (Å²) in [6, 6.07) is 3.38. The maximum atomic E-state index is 14.1. The van der Waals surface area contributed by atoms with E-state index in [2.05, 4.69) is 10.00 Å².